The first-order valence-electron chi connectivity index (χ1n) is 4.78. The van der Waals surface area contributed by atoms with Gasteiger partial charge in [-0.25, -0.2) is 0 Å². The lowest BCUT2D eigenvalue weighted by Gasteiger charge is -2.42. The molecule has 1 saturated carbocycles. The molecule has 1 heterocycles. The molecule has 1 fully saturated rings. The van der Waals surface area contributed by atoms with Gasteiger partial charge in [-0.3, -0.25) is 0 Å². The Bertz CT molecular complexity index is 306. The lowest BCUT2D eigenvalue weighted by molar-refractivity contribution is 0.262. The smallest absolute Gasteiger partial charge is 0.0375 e. The molecule has 0 bridgehead atoms. The maximum Gasteiger partial charge on any atom is 0.0375 e. The van der Waals surface area contributed by atoms with Crippen molar-refractivity contribution in [3.63, 3.8) is 0 Å². The Morgan fingerprint density at radius 1 is 1.17 bits per heavy atom. The van der Waals surface area contributed by atoms with Gasteiger partial charge in [0.05, 0.1) is 0 Å². The van der Waals surface area contributed by atoms with Gasteiger partial charge in [-0.2, -0.15) is 0 Å². The minimum atomic E-state index is 0.877. The monoisotopic (exact) mass is 159 g/mol. The van der Waals surface area contributed by atoms with Crippen LogP contribution >= 0.6 is 0 Å². The molecule has 1 nitrogen and oxygen atoms in total. The predicted molar refractivity (Wildman–Crippen MR) is 50.4 cm³/mol. The van der Waals surface area contributed by atoms with E-state index in [0.29, 0.717) is 0 Å². The molecular weight excluding hydrogens is 146 g/mol. The average molecular weight is 159 g/mol. The van der Waals surface area contributed by atoms with Crippen LogP contribution in [0.5, 0.6) is 0 Å². The lowest BCUT2D eigenvalue weighted by Crippen LogP contribution is -2.34. The van der Waals surface area contributed by atoms with Crippen LogP contribution in [-0.4, -0.2) is 6.54 Å². The molecular formula is C11H13N. The maximum atomic E-state index is 3.49. The third kappa shape index (κ3) is 0.739. The van der Waals surface area contributed by atoms with Crippen LogP contribution in [0.4, 0.5) is 5.69 Å². The second-order valence-corrected chi connectivity index (χ2v) is 3.91. The zero-order valence-electron chi connectivity index (χ0n) is 7.09. The Labute approximate surface area is 72.8 Å². The molecule has 62 valence electrons. The SMILES string of the molecule is c1ccc2c(c1)NCC1CC[C@H]21. The van der Waals surface area contributed by atoms with Crippen molar-refractivity contribution in [2.24, 2.45) is 5.92 Å². The van der Waals surface area contributed by atoms with Crippen molar-refractivity contribution in [2.75, 3.05) is 11.9 Å². The Balaban J connectivity index is 2.07. The molecule has 1 aliphatic carbocycles. The van der Waals surface area contributed by atoms with E-state index in [2.05, 4.69) is 29.6 Å². The highest BCUT2D eigenvalue weighted by Gasteiger charge is 2.35. The number of anilines is 1. The quantitative estimate of drug-likeness (QED) is 0.613. The van der Waals surface area contributed by atoms with Gasteiger partial charge in [0.2, 0.25) is 0 Å². The normalized spacial score (nSPS) is 31.0. The minimum absolute atomic E-state index is 0.877. The van der Waals surface area contributed by atoms with Crippen LogP contribution in [0.25, 0.3) is 0 Å². The molecule has 1 heteroatoms. The predicted octanol–water partition coefficient (Wildman–Crippen LogP) is 2.61. The van der Waals surface area contributed by atoms with E-state index in [0.717, 1.165) is 11.8 Å². The topological polar surface area (TPSA) is 12.0 Å². The van der Waals surface area contributed by atoms with Crippen LogP contribution in [0, 0.1) is 5.92 Å². The number of nitrogens with one attached hydrogen (secondary N) is 1. The number of benzene rings is 1. The van der Waals surface area contributed by atoms with Crippen LogP contribution in [0.1, 0.15) is 24.3 Å². The molecule has 2 aliphatic rings. The first-order valence-corrected chi connectivity index (χ1v) is 4.78. The highest BCUT2D eigenvalue weighted by Crippen LogP contribution is 2.47. The van der Waals surface area contributed by atoms with Gasteiger partial charge < -0.3 is 5.32 Å². The molecule has 2 atom stereocenters. The van der Waals surface area contributed by atoms with E-state index in [1.165, 1.54) is 25.1 Å². The summed E-state index contributed by atoms with van der Waals surface area (Å²) in [4.78, 5) is 0. The van der Waals surface area contributed by atoms with Gasteiger partial charge >= 0.3 is 0 Å². The lowest BCUT2D eigenvalue weighted by atomic mass is 9.68. The number of rotatable bonds is 0. The molecule has 0 radical (unpaired) electrons. The van der Waals surface area contributed by atoms with Crippen molar-refractivity contribution in [1.82, 2.24) is 0 Å². The van der Waals surface area contributed by atoms with Crippen LogP contribution in [0.15, 0.2) is 24.3 Å². The standard InChI is InChI=1S/C11H13N/c1-2-4-11-10(3-1)9-6-5-8(9)7-12-11/h1-4,8-9,12H,5-7H2/t8?,9-/m0/s1. The van der Waals surface area contributed by atoms with Crippen molar-refractivity contribution in [3.05, 3.63) is 29.8 Å². The zero-order chi connectivity index (χ0) is 7.97. The van der Waals surface area contributed by atoms with Crippen LogP contribution < -0.4 is 5.32 Å². The Kier molecular flexibility index (Phi) is 1.23. The van der Waals surface area contributed by atoms with E-state index >= 15 is 0 Å². The largest absolute Gasteiger partial charge is 0.385 e. The molecule has 1 aromatic carbocycles. The van der Waals surface area contributed by atoms with E-state index in [4.69, 9.17) is 0 Å². The number of hydrogen-bond donors (Lipinski definition) is 1. The van der Waals surface area contributed by atoms with E-state index in [-0.39, 0.29) is 0 Å². The van der Waals surface area contributed by atoms with E-state index < -0.39 is 0 Å². The molecule has 1 aliphatic heterocycles. The summed E-state index contributed by atoms with van der Waals surface area (Å²) in [5, 5.41) is 3.49. The van der Waals surface area contributed by atoms with E-state index in [1.54, 1.807) is 5.56 Å². The Morgan fingerprint density at radius 2 is 2.08 bits per heavy atom. The Morgan fingerprint density at radius 3 is 2.92 bits per heavy atom. The minimum Gasteiger partial charge on any atom is -0.385 e. The van der Waals surface area contributed by atoms with Crippen molar-refractivity contribution in [1.29, 1.82) is 0 Å². The fraction of sp³-hybridized carbons (Fsp3) is 0.455. The summed E-state index contributed by atoms with van der Waals surface area (Å²) in [6, 6.07) is 8.74. The molecule has 3 rings (SSSR count). The molecule has 0 saturated heterocycles. The van der Waals surface area contributed by atoms with Gasteiger partial charge in [0.15, 0.2) is 0 Å². The van der Waals surface area contributed by atoms with Gasteiger partial charge in [-0.1, -0.05) is 18.2 Å². The summed E-state index contributed by atoms with van der Waals surface area (Å²) >= 11 is 0. The second kappa shape index (κ2) is 2.25. The number of fused-ring (bicyclic) bond motifs is 3. The summed E-state index contributed by atoms with van der Waals surface area (Å²) in [5.41, 5.74) is 2.93. The van der Waals surface area contributed by atoms with Crippen molar-refractivity contribution >= 4 is 5.69 Å². The van der Waals surface area contributed by atoms with Crippen molar-refractivity contribution in [2.45, 2.75) is 18.8 Å². The van der Waals surface area contributed by atoms with Gasteiger partial charge in [0.1, 0.15) is 0 Å². The summed E-state index contributed by atoms with van der Waals surface area (Å²) in [7, 11) is 0. The van der Waals surface area contributed by atoms with Crippen LogP contribution in [0.3, 0.4) is 0 Å². The van der Waals surface area contributed by atoms with Gasteiger partial charge in [-0.05, 0) is 36.3 Å². The molecule has 1 aromatic rings. The first kappa shape index (κ1) is 6.53. The van der Waals surface area contributed by atoms with Gasteiger partial charge in [0, 0.05) is 12.2 Å². The second-order valence-electron chi connectivity index (χ2n) is 3.91. The van der Waals surface area contributed by atoms with Crippen LogP contribution in [0.2, 0.25) is 0 Å². The molecule has 1 N–H and O–H groups in total. The first-order chi connectivity index (χ1) is 5.95. The number of para-hydroxylation sites is 1. The fourth-order valence-corrected chi connectivity index (χ4v) is 2.45. The number of hydrogen-bond acceptors (Lipinski definition) is 1. The fourth-order valence-electron chi connectivity index (χ4n) is 2.45. The third-order valence-electron chi connectivity index (χ3n) is 3.33. The molecule has 1 unspecified atom stereocenters. The maximum absolute atomic E-state index is 3.49. The Hall–Kier alpha value is -0.980. The van der Waals surface area contributed by atoms with Crippen molar-refractivity contribution < 1.29 is 0 Å². The highest BCUT2D eigenvalue weighted by atomic mass is 14.9. The summed E-state index contributed by atoms with van der Waals surface area (Å²) in [5.74, 6) is 1.81. The molecule has 0 amide bonds. The molecule has 0 aromatic heterocycles. The van der Waals surface area contributed by atoms with Gasteiger partial charge in [-0.15, -0.1) is 0 Å². The summed E-state index contributed by atoms with van der Waals surface area (Å²) < 4.78 is 0. The zero-order valence-corrected chi connectivity index (χ0v) is 7.09. The summed E-state index contributed by atoms with van der Waals surface area (Å²) in [6.07, 6.45) is 2.83. The van der Waals surface area contributed by atoms with Crippen LogP contribution in [-0.2, 0) is 0 Å². The van der Waals surface area contributed by atoms with E-state index in [9.17, 15) is 0 Å². The molecule has 0 spiro atoms. The third-order valence-corrected chi connectivity index (χ3v) is 3.33. The van der Waals surface area contributed by atoms with E-state index in [1.807, 2.05) is 0 Å². The molecule has 12 heavy (non-hydrogen) atoms. The van der Waals surface area contributed by atoms with Gasteiger partial charge in [0.25, 0.3) is 0 Å². The average Bonchev–Trinajstić information content (AvgIpc) is 2.05. The highest BCUT2D eigenvalue weighted by molar-refractivity contribution is 5.56. The van der Waals surface area contributed by atoms with Crippen molar-refractivity contribution in [3.8, 4) is 0 Å². The summed E-state index contributed by atoms with van der Waals surface area (Å²) in [6.45, 7) is 1.20.